The monoisotopic (exact) mass is 526 g/mol. The quantitative estimate of drug-likeness (QED) is 0.436. The summed E-state index contributed by atoms with van der Waals surface area (Å²) in [5, 5.41) is 1.70. The number of rotatable bonds is 3. The zero-order valence-electron chi connectivity index (χ0n) is 15.6. The second-order valence-corrected chi connectivity index (χ2v) is 9.04. The molecule has 7 heteroatoms. The van der Waals surface area contributed by atoms with Gasteiger partial charge < -0.3 is 0 Å². The highest BCUT2D eigenvalue weighted by Crippen LogP contribution is 2.47. The molecule has 2 amide bonds. The van der Waals surface area contributed by atoms with E-state index in [0.717, 1.165) is 20.2 Å². The van der Waals surface area contributed by atoms with Gasteiger partial charge in [-0.05, 0) is 48.0 Å². The number of benzene rings is 3. The van der Waals surface area contributed by atoms with E-state index in [1.54, 1.807) is 23.3 Å². The molecule has 0 bridgehead atoms. The lowest BCUT2D eigenvalue weighted by Gasteiger charge is -2.28. The Labute approximate surface area is 190 Å². The molecular formula is C23H16Br2N2O3. The summed E-state index contributed by atoms with van der Waals surface area (Å²) >= 11 is 6.93. The Balaban J connectivity index is 1.60. The van der Waals surface area contributed by atoms with Gasteiger partial charge in [-0.2, -0.15) is 0 Å². The van der Waals surface area contributed by atoms with Gasteiger partial charge in [-0.25, -0.2) is 9.96 Å². The lowest BCUT2D eigenvalue weighted by molar-refractivity contribution is -0.126. The Hall–Kier alpha value is -2.48. The van der Waals surface area contributed by atoms with Gasteiger partial charge >= 0.3 is 0 Å². The molecule has 2 fully saturated rings. The SMILES string of the molecule is O=C1C2ON(c3ccccc3)C(c3cccc(Br)c3)C2C(=O)N1c1cccc(Br)c1. The maximum absolute atomic E-state index is 13.5. The van der Waals surface area contributed by atoms with Gasteiger partial charge in [0.25, 0.3) is 5.91 Å². The van der Waals surface area contributed by atoms with Crippen molar-refractivity contribution in [3.63, 3.8) is 0 Å². The molecule has 0 N–H and O–H groups in total. The topological polar surface area (TPSA) is 49.9 Å². The Morgan fingerprint density at radius 2 is 1.40 bits per heavy atom. The van der Waals surface area contributed by atoms with E-state index in [0.29, 0.717) is 5.69 Å². The first-order valence-electron chi connectivity index (χ1n) is 9.44. The normalized spacial score (nSPS) is 23.2. The first kappa shape index (κ1) is 19.5. The summed E-state index contributed by atoms with van der Waals surface area (Å²) in [7, 11) is 0. The van der Waals surface area contributed by atoms with E-state index in [-0.39, 0.29) is 11.8 Å². The number of fused-ring (bicyclic) bond motifs is 1. The molecule has 0 radical (unpaired) electrons. The number of hydrogen-bond acceptors (Lipinski definition) is 4. The van der Waals surface area contributed by atoms with Crippen LogP contribution in [0.25, 0.3) is 0 Å². The largest absolute Gasteiger partial charge is 0.273 e. The molecule has 0 aromatic heterocycles. The molecule has 3 unspecified atom stereocenters. The van der Waals surface area contributed by atoms with Crippen LogP contribution in [0.2, 0.25) is 0 Å². The van der Waals surface area contributed by atoms with Crippen molar-refractivity contribution in [2.75, 3.05) is 9.96 Å². The van der Waals surface area contributed by atoms with Gasteiger partial charge in [-0.15, -0.1) is 0 Å². The third kappa shape index (κ3) is 3.17. The van der Waals surface area contributed by atoms with Gasteiger partial charge in [0.15, 0.2) is 6.10 Å². The summed E-state index contributed by atoms with van der Waals surface area (Å²) in [4.78, 5) is 34.2. The summed E-state index contributed by atoms with van der Waals surface area (Å²) in [5.41, 5.74) is 2.24. The predicted octanol–water partition coefficient (Wildman–Crippen LogP) is 5.26. The van der Waals surface area contributed by atoms with Crippen LogP contribution in [0.1, 0.15) is 11.6 Å². The maximum atomic E-state index is 13.5. The number of imide groups is 1. The number of hydrogen-bond donors (Lipinski definition) is 0. The standard InChI is InChI=1S/C23H16Br2N2O3/c24-15-7-4-6-14(12-15)20-19-21(30-27(20)17-9-2-1-3-10-17)23(29)26(22(19)28)18-11-5-8-16(25)13-18/h1-13,19-21H. The summed E-state index contributed by atoms with van der Waals surface area (Å²) in [5.74, 6) is -1.25. The van der Waals surface area contributed by atoms with E-state index in [1.807, 2.05) is 60.7 Å². The Bertz CT molecular complexity index is 1140. The van der Waals surface area contributed by atoms with E-state index in [9.17, 15) is 9.59 Å². The number of hydroxylamine groups is 1. The average molecular weight is 528 g/mol. The Kier molecular flexibility index (Phi) is 4.97. The molecule has 150 valence electrons. The Morgan fingerprint density at radius 1 is 0.733 bits per heavy atom. The maximum Gasteiger partial charge on any atom is 0.266 e. The van der Waals surface area contributed by atoms with Gasteiger partial charge in [0.1, 0.15) is 5.92 Å². The second-order valence-electron chi connectivity index (χ2n) is 7.20. The molecule has 0 aliphatic carbocycles. The number of para-hydroxylation sites is 1. The van der Waals surface area contributed by atoms with Crippen LogP contribution in [-0.2, 0) is 14.4 Å². The zero-order chi connectivity index (χ0) is 20.8. The van der Waals surface area contributed by atoms with Gasteiger partial charge in [0, 0.05) is 8.95 Å². The van der Waals surface area contributed by atoms with Crippen LogP contribution in [0, 0.1) is 5.92 Å². The van der Waals surface area contributed by atoms with E-state index in [1.165, 1.54) is 4.90 Å². The lowest BCUT2D eigenvalue weighted by Crippen LogP contribution is -2.37. The van der Waals surface area contributed by atoms with Crippen molar-refractivity contribution < 1.29 is 14.4 Å². The minimum atomic E-state index is -0.874. The van der Waals surface area contributed by atoms with Crippen LogP contribution in [0.4, 0.5) is 11.4 Å². The third-order valence-electron chi connectivity index (χ3n) is 5.38. The molecule has 3 aromatic rings. The highest BCUT2D eigenvalue weighted by atomic mass is 79.9. The molecule has 2 heterocycles. The van der Waals surface area contributed by atoms with Crippen LogP contribution in [0.3, 0.4) is 0 Å². The van der Waals surface area contributed by atoms with Crippen molar-refractivity contribution in [1.82, 2.24) is 0 Å². The van der Waals surface area contributed by atoms with Crippen molar-refractivity contribution in [2.45, 2.75) is 12.1 Å². The van der Waals surface area contributed by atoms with Crippen molar-refractivity contribution in [3.8, 4) is 0 Å². The van der Waals surface area contributed by atoms with E-state index in [2.05, 4.69) is 31.9 Å². The molecule has 2 aliphatic rings. The molecule has 30 heavy (non-hydrogen) atoms. The third-order valence-corrected chi connectivity index (χ3v) is 6.37. The number of halogens is 2. The summed E-state index contributed by atoms with van der Waals surface area (Å²) in [6, 6.07) is 24.1. The highest BCUT2D eigenvalue weighted by Gasteiger charge is 2.60. The number of nitrogens with zero attached hydrogens (tertiary/aromatic N) is 2. The number of anilines is 2. The summed E-state index contributed by atoms with van der Waals surface area (Å²) < 4.78 is 1.70. The minimum absolute atomic E-state index is 0.258. The fourth-order valence-corrected chi connectivity index (χ4v) is 4.92. The van der Waals surface area contributed by atoms with Gasteiger partial charge in [0.05, 0.1) is 17.4 Å². The first-order chi connectivity index (χ1) is 14.5. The van der Waals surface area contributed by atoms with Gasteiger partial charge in [-0.3, -0.25) is 14.4 Å². The first-order valence-corrected chi connectivity index (χ1v) is 11.0. The number of amides is 2. The van der Waals surface area contributed by atoms with Crippen molar-refractivity contribution in [2.24, 2.45) is 5.92 Å². The van der Waals surface area contributed by atoms with Gasteiger partial charge in [-0.1, -0.05) is 68.3 Å². The molecule has 3 aromatic carbocycles. The zero-order valence-corrected chi connectivity index (χ0v) is 18.8. The molecule has 5 rings (SSSR count). The molecular weight excluding hydrogens is 512 g/mol. The number of carbonyl (C=O) groups excluding carboxylic acids is 2. The van der Waals surface area contributed by atoms with E-state index < -0.39 is 18.1 Å². The van der Waals surface area contributed by atoms with Crippen molar-refractivity contribution in [3.05, 3.63) is 93.4 Å². The van der Waals surface area contributed by atoms with Crippen LogP contribution >= 0.6 is 31.9 Å². The lowest BCUT2D eigenvalue weighted by atomic mass is 9.90. The van der Waals surface area contributed by atoms with E-state index >= 15 is 0 Å². The van der Waals surface area contributed by atoms with Crippen LogP contribution in [0.15, 0.2) is 87.8 Å². The number of carbonyl (C=O) groups is 2. The summed E-state index contributed by atoms with van der Waals surface area (Å²) in [6.45, 7) is 0. The van der Waals surface area contributed by atoms with Crippen molar-refractivity contribution >= 4 is 55.0 Å². The Morgan fingerprint density at radius 3 is 2.10 bits per heavy atom. The molecule has 3 atom stereocenters. The van der Waals surface area contributed by atoms with Crippen LogP contribution in [0.5, 0.6) is 0 Å². The fourth-order valence-electron chi connectivity index (χ4n) is 4.11. The molecule has 2 aliphatic heterocycles. The minimum Gasteiger partial charge on any atom is -0.273 e. The fraction of sp³-hybridized carbons (Fsp3) is 0.130. The average Bonchev–Trinajstić information content (AvgIpc) is 3.25. The predicted molar refractivity (Wildman–Crippen MR) is 121 cm³/mol. The smallest absolute Gasteiger partial charge is 0.266 e. The van der Waals surface area contributed by atoms with Crippen LogP contribution in [-0.4, -0.2) is 17.9 Å². The highest BCUT2D eigenvalue weighted by molar-refractivity contribution is 9.10. The van der Waals surface area contributed by atoms with Gasteiger partial charge in [0.2, 0.25) is 5.91 Å². The molecule has 2 saturated heterocycles. The second kappa shape index (κ2) is 7.65. The molecule has 5 nitrogen and oxygen atoms in total. The molecule has 0 spiro atoms. The summed E-state index contributed by atoms with van der Waals surface area (Å²) in [6.07, 6.45) is -0.874. The molecule has 0 saturated carbocycles. The van der Waals surface area contributed by atoms with Crippen LogP contribution < -0.4 is 9.96 Å². The van der Waals surface area contributed by atoms with E-state index in [4.69, 9.17) is 4.84 Å². The van der Waals surface area contributed by atoms with Crippen molar-refractivity contribution in [1.29, 1.82) is 0 Å².